The van der Waals surface area contributed by atoms with Gasteiger partial charge in [0.1, 0.15) is 5.75 Å². The van der Waals surface area contributed by atoms with Crippen LogP contribution in [0.3, 0.4) is 0 Å². The maximum absolute atomic E-state index is 11.9. The van der Waals surface area contributed by atoms with Gasteiger partial charge in [-0.1, -0.05) is 24.9 Å². The summed E-state index contributed by atoms with van der Waals surface area (Å²) in [5, 5.41) is 13.8. The lowest BCUT2D eigenvalue weighted by Crippen LogP contribution is -2.41. The summed E-state index contributed by atoms with van der Waals surface area (Å²) in [6.45, 7) is 5.52. The first-order valence-corrected chi connectivity index (χ1v) is 7.14. The van der Waals surface area contributed by atoms with Crippen LogP contribution >= 0.6 is 11.6 Å². The second kappa shape index (κ2) is 7.83. The summed E-state index contributed by atoms with van der Waals surface area (Å²) in [6, 6.07) is 3.92. The zero-order chi connectivity index (χ0) is 16.0. The molecule has 0 aromatic heterocycles. The fourth-order valence-corrected chi connectivity index (χ4v) is 1.97. The molecule has 1 rings (SSSR count). The number of nitro groups is 1. The maximum Gasteiger partial charge on any atom is 0.273 e. The van der Waals surface area contributed by atoms with Gasteiger partial charge in [0, 0.05) is 12.1 Å². The number of hydrogen-bond acceptors (Lipinski definition) is 4. The first-order chi connectivity index (χ1) is 9.85. The number of benzene rings is 1. The highest BCUT2D eigenvalue weighted by Crippen LogP contribution is 2.29. The van der Waals surface area contributed by atoms with Gasteiger partial charge in [-0.15, -0.1) is 0 Å². The highest BCUT2D eigenvalue weighted by atomic mass is 35.5. The van der Waals surface area contributed by atoms with Crippen LogP contribution in [0.25, 0.3) is 0 Å². The zero-order valence-electron chi connectivity index (χ0n) is 12.3. The Morgan fingerprint density at radius 3 is 2.71 bits per heavy atom. The van der Waals surface area contributed by atoms with Crippen molar-refractivity contribution in [3.05, 3.63) is 33.3 Å². The number of halogens is 1. The first kappa shape index (κ1) is 17.2. The summed E-state index contributed by atoms with van der Waals surface area (Å²) in [5.41, 5.74) is -0.138. The number of non-ortho nitro benzene ring substituents is 1. The number of rotatable bonds is 7. The van der Waals surface area contributed by atoms with Gasteiger partial charge in [0.25, 0.3) is 11.6 Å². The Bertz CT molecular complexity index is 522. The fourth-order valence-electron chi connectivity index (χ4n) is 1.81. The van der Waals surface area contributed by atoms with Crippen molar-refractivity contribution in [3.63, 3.8) is 0 Å². The first-order valence-electron chi connectivity index (χ1n) is 6.76. The minimum atomic E-state index is -0.788. The van der Waals surface area contributed by atoms with E-state index >= 15 is 0 Å². The molecule has 7 heteroatoms. The van der Waals surface area contributed by atoms with Crippen molar-refractivity contribution in [2.24, 2.45) is 0 Å². The topological polar surface area (TPSA) is 81.5 Å². The van der Waals surface area contributed by atoms with Gasteiger partial charge in [-0.2, -0.15) is 0 Å². The average molecular weight is 315 g/mol. The molecule has 2 atom stereocenters. The molecule has 0 fully saturated rings. The predicted octanol–water partition coefficient (Wildman–Crippen LogP) is 3.32. The third-order valence-corrected chi connectivity index (χ3v) is 3.22. The number of nitrogens with one attached hydrogen (secondary N) is 1. The van der Waals surface area contributed by atoms with Crippen LogP contribution in [0.4, 0.5) is 5.69 Å². The Kier molecular flexibility index (Phi) is 6.42. The van der Waals surface area contributed by atoms with Gasteiger partial charge < -0.3 is 10.1 Å². The van der Waals surface area contributed by atoms with Crippen LogP contribution < -0.4 is 10.1 Å². The quantitative estimate of drug-likeness (QED) is 0.618. The second-order valence-corrected chi connectivity index (χ2v) is 5.24. The highest BCUT2D eigenvalue weighted by molar-refractivity contribution is 6.32. The number of hydrogen-bond donors (Lipinski definition) is 1. The van der Waals surface area contributed by atoms with Crippen molar-refractivity contribution in [1.82, 2.24) is 5.32 Å². The van der Waals surface area contributed by atoms with Crippen LogP contribution in [0.5, 0.6) is 5.75 Å². The Morgan fingerprint density at radius 1 is 1.48 bits per heavy atom. The number of nitrogens with zero attached hydrogens (tertiary/aromatic N) is 1. The summed E-state index contributed by atoms with van der Waals surface area (Å²) in [7, 11) is 0. The Balaban J connectivity index is 2.73. The van der Waals surface area contributed by atoms with Crippen molar-refractivity contribution in [3.8, 4) is 5.75 Å². The van der Waals surface area contributed by atoms with Gasteiger partial charge in [-0.05, 0) is 26.3 Å². The summed E-state index contributed by atoms with van der Waals surface area (Å²) in [4.78, 5) is 22.1. The molecule has 1 aromatic carbocycles. The number of amides is 1. The molecule has 1 N–H and O–H groups in total. The third kappa shape index (κ3) is 5.23. The normalized spacial score (nSPS) is 13.3. The van der Waals surface area contributed by atoms with Crippen LogP contribution in [-0.2, 0) is 4.79 Å². The van der Waals surface area contributed by atoms with Crippen LogP contribution in [0.2, 0.25) is 5.02 Å². The molecular formula is C14H19ClN2O4. The van der Waals surface area contributed by atoms with Crippen molar-refractivity contribution >= 4 is 23.2 Å². The Hall–Kier alpha value is -1.82. The lowest BCUT2D eigenvalue weighted by atomic mass is 10.2. The molecular weight excluding hydrogens is 296 g/mol. The lowest BCUT2D eigenvalue weighted by molar-refractivity contribution is -0.384. The predicted molar refractivity (Wildman–Crippen MR) is 80.7 cm³/mol. The number of carbonyl (C=O) groups is 1. The molecule has 0 spiro atoms. The third-order valence-electron chi connectivity index (χ3n) is 2.91. The van der Waals surface area contributed by atoms with Crippen LogP contribution in [-0.4, -0.2) is 23.0 Å². The lowest BCUT2D eigenvalue weighted by Gasteiger charge is -2.18. The minimum Gasteiger partial charge on any atom is -0.479 e. The molecule has 0 radical (unpaired) electrons. The molecule has 0 aliphatic rings. The Morgan fingerprint density at radius 2 is 2.14 bits per heavy atom. The maximum atomic E-state index is 11.9. The SMILES string of the molecule is CCCC(C)NC(=O)C(C)Oc1cc([N+](=O)[O-])ccc1Cl. The van der Waals surface area contributed by atoms with Crippen molar-refractivity contribution in [2.75, 3.05) is 0 Å². The molecule has 0 saturated carbocycles. The van der Waals surface area contributed by atoms with Crippen molar-refractivity contribution in [1.29, 1.82) is 0 Å². The molecule has 6 nitrogen and oxygen atoms in total. The van der Waals surface area contributed by atoms with E-state index in [1.807, 2.05) is 13.8 Å². The summed E-state index contributed by atoms with van der Waals surface area (Å²) in [5.74, 6) is -0.157. The molecule has 0 saturated heterocycles. The van der Waals surface area contributed by atoms with E-state index in [4.69, 9.17) is 16.3 Å². The highest BCUT2D eigenvalue weighted by Gasteiger charge is 2.19. The van der Waals surface area contributed by atoms with Crippen LogP contribution in [0, 0.1) is 10.1 Å². The zero-order valence-corrected chi connectivity index (χ0v) is 13.0. The van der Waals surface area contributed by atoms with E-state index in [2.05, 4.69) is 5.32 Å². The summed E-state index contributed by atoms with van der Waals surface area (Å²) in [6.07, 6.45) is 1.05. The molecule has 21 heavy (non-hydrogen) atoms. The van der Waals surface area contributed by atoms with E-state index in [1.54, 1.807) is 6.92 Å². The molecule has 0 heterocycles. The Labute approximate surface area is 128 Å². The number of ether oxygens (including phenoxy) is 1. The van der Waals surface area contributed by atoms with Gasteiger partial charge in [-0.25, -0.2) is 0 Å². The van der Waals surface area contributed by atoms with E-state index in [0.29, 0.717) is 0 Å². The van der Waals surface area contributed by atoms with Gasteiger partial charge in [-0.3, -0.25) is 14.9 Å². The number of carbonyl (C=O) groups excluding carboxylic acids is 1. The standard InChI is InChI=1S/C14H19ClN2O4/c1-4-5-9(2)16-14(18)10(3)21-13-8-11(17(19)20)6-7-12(13)15/h6-10H,4-5H2,1-3H3,(H,16,18). The van der Waals surface area contributed by atoms with Crippen LogP contribution in [0.1, 0.15) is 33.6 Å². The molecule has 0 bridgehead atoms. The van der Waals surface area contributed by atoms with E-state index in [0.717, 1.165) is 12.8 Å². The van der Waals surface area contributed by atoms with Crippen molar-refractivity contribution in [2.45, 2.75) is 45.8 Å². The molecule has 1 aromatic rings. The molecule has 0 aliphatic carbocycles. The van der Waals surface area contributed by atoms with Crippen molar-refractivity contribution < 1.29 is 14.5 Å². The largest absolute Gasteiger partial charge is 0.479 e. The van der Waals surface area contributed by atoms with Gasteiger partial charge >= 0.3 is 0 Å². The number of nitro benzene ring substituents is 1. The average Bonchev–Trinajstić information content (AvgIpc) is 2.40. The van der Waals surface area contributed by atoms with Crippen LogP contribution in [0.15, 0.2) is 18.2 Å². The van der Waals surface area contributed by atoms with Gasteiger partial charge in [0.05, 0.1) is 16.0 Å². The summed E-state index contributed by atoms with van der Waals surface area (Å²) >= 11 is 5.93. The summed E-state index contributed by atoms with van der Waals surface area (Å²) < 4.78 is 5.43. The van der Waals surface area contributed by atoms with E-state index in [1.165, 1.54) is 18.2 Å². The fraction of sp³-hybridized carbons (Fsp3) is 0.500. The molecule has 1 amide bonds. The van der Waals surface area contributed by atoms with Gasteiger partial charge in [0.15, 0.2) is 6.10 Å². The van der Waals surface area contributed by atoms with Gasteiger partial charge in [0.2, 0.25) is 0 Å². The monoisotopic (exact) mass is 314 g/mol. The van der Waals surface area contributed by atoms with E-state index < -0.39 is 11.0 Å². The van der Waals surface area contributed by atoms with E-state index in [-0.39, 0.29) is 28.4 Å². The second-order valence-electron chi connectivity index (χ2n) is 4.83. The molecule has 116 valence electrons. The smallest absolute Gasteiger partial charge is 0.273 e. The van der Waals surface area contributed by atoms with E-state index in [9.17, 15) is 14.9 Å². The molecule has 0 aliphatic heterocycles. The molecule has 2 unspecified atom stereocenters. The minimum absolute atomic E-state index is 0.0501.